The fourth-order valence-electron chi connectivity index (χ4n) is 3.85. The quantitative estimate of drug-likeness (QED) is 0.858. The molecule has 1 amide bonds. The summed E-state index contributed by atoms with van der Waals surface area (Å²) >= 11 is 0. The minimum absolute atomic E-state index is 0.00947. The number of fused-ring (bicyclic) bond motifs is 2. The van der Waals surface area contributed by atoms with Crippen molar-refractivity contribution in [2.24, 2.45) is 0 Å². The third-order valence-corrected chi connectivity index (χ3v) is 5.27. The summed E-state index contributed by atoms with van der Waals surface area (Å²) in [6.45, 7) is 3.63. The number of amides is 1. The molecule has 3 heterocycles. The number of rotatable bonds is 3. The Balaban J connectivity index is 1.52. The van der Waals surface area contributed by atoms with Crippen LogP contribution in [0.5, 0.6) is 5.75 Å². The van der Waals surface area contributed by atoms with Crippen LogP contribution < -0.4 is 10.3 Å². The summed E-state index contributed by atoms with van der Waals surface area (Å²) in [5.74, 6) is 1.42. The molecule has 0 bridgehead atoms. The van der Waals surface area contributed by atoms with E-state index in [1.165, 1.54) is 6.42 Å². The topological polar surface area (TPSA) is 64.4 Å². The summed E-state index contributed by atoms with van der Waals surface area (Å²) in [7, 11) is 0. The molecule has 2 aliphatic heterocycles. The van der Waals surface area contributed by atoms with Crippen molar-refractivity contribution in [1.82, 2.24) is 14.5 Å². The smallest absolute Gasteiger partial charge is 0.261 e. The third-order valence-electron chi connectivity index (χ3n) is 5.27. The van der Waals surface area contributed by atoms with Gasteiger partial charge < -0.3 is 9.64 Å². The highest BCUT2D eigenvalue weighted by molar-refractivity contribution is 5.80. The fraction of sp³-hybridized carbons (Fsp3) is 0.526. The van der Waals surface area contributed by atoms with Gasteiger partial charge in [-0.05, 0) is 50.8 Å². The average molecular weight is 341 g/mol. The molecule has 1 atom stereocenters. The molecule has 0 N–H and O–H groups in total. The van der Waals surface area contributed by atoms with Crippen LogP contribution >= 0.6 is 0 Å². The van der Waals surface area contributed by atoms with Crippen LogP contribution in [0.2, 0.25) is 0 Å². The second-order valence-electron chi connectivity index (χ2n) is 6.99. The van der Waals surface area contributed by atoms with Crippen LogP contribution in [0.25, 0.3) is 10.9 Å². The van der Waals surface area contributed by atoms with Crippen LogP contribution in [0, 0.1) is 0 Å². The second kappa shape index (κ2) is 6.50. The van der Waals surface area contributed by atoms with Crippen molar-refractivity contribution in [2.45, 2.75) is 51.6 Å². The molecule has 1 fully saturated rings. The molecular weight excluding hydrogens is 318 g/mol. The number of carbonyl (C=O) groups excluding carboxylic acids is 1. The van der Waals surface area contributed by atoms with E-state index in [4.69, 9.17) is 4.74 Å². The van der Waals surface area contributed by atoms with Gasteiger partial charge in [0.05, 0.1) is 10.9 Å². The Morgan fingerprint density at radius 2 is 2.16 bits per heavy atom. The van der Waals surface area contributed by atoms with Crippen molar-refractivity contribution in [2.75, 3.05) is 13.2 Å². The molecule has 1 saturated heterocycles. The number of aromatic nitrogens is 2. The highest BCUT2D eigenvalue weighted by Crippen LogP contribution is 2.21. The van der Waals surface area contributed by atoms with Crippen LogP contribution in [0.4, 0.5) is 0 Å². The summed E-state index contributed by atoms with van der Waals surface area (Å²) < 4.78 is 7.43. The van der Waals surface area contributed by atoms with Gasteiger partial charge in [-0.3, -0.25) is 14.2 Å². The number of hydrogen-bond acceptors (Lipinski definition) is 4. The number of likely N-dealkylation sites (tertiary alicyclic amines) is 1. The lowest BCUT2D eigenvalue weighted by Gasteiger charge is -2.33. The Labute approximate surface area is 146 Å². The molecule has 0 radical (unpaired) electrons. The lowest BCUT2D eigenvalue weighted by molar-refractivity contribution is -0.136. The van der Waals surface area contributed by atoms with Crippen molar-refractivity contribution in [1.29, 1.82) is 0 Å². The van der Waals surface area contributed by atoms with Gasteiger partial charge in [0, 0.05) is 25.6 Å². The number of aryl methyl sites for hydroxylation is 1. The van der Waals surface area contributed by atoms with E-state index in [9.17, 15) is 9.59 Å². The SMILES string of the molecule is C[C@H]1CCCCN1C(=O)COc1ccc2nc3n(c(=O)c2c1)CCC3. The molecule has 2 aliphatic rings. The summed E-state index contributed by atoms with van der Waals surface area (Å²) in [6.07, 6.45) is 5.10. The first kappa shape index (κ1) is 16.1. The molecule has 132 valence electrons. The Morgan fingerprint density at radius 1 is 1.28 bits per heavy atom. The summed E-state index contributed by atoms with van der Waals surface area (Å²) in [5, 5.41) is 0.557. The van der Waals surface area contributed by atoms with Crippen molar-refractivity contribution in [3.05, 3.63) is 34.4 Å². The van der Waals surface area contributed by atoms with E-state index in [1.807, 2.05) is 4.90 Å². The minimum Gasteiger partial charge on any atom is -0.484 e. The fourth-order valence-corrected chi connectivity index (χ4v) is 3.85. The Bertz CT molecular complexity index is 874. The molecule has 0 unspecified atom stereocenters. The van der Waals surface area contributed by atoms with Crippen LogP contribution in [0.15, 0.2) is 23.0 Å². The first-order valence-corrected chi connectivity index (χ1v) is 9.09. The molecule has 25 heavy (non-hydrogen) atoms. The number of benzene rings is 1. The van der Waals surface area contributed by atoms with Gasteiger partial charge >= 0.3 is 0 Å². The first-order valence-electron chi connectivity index (χ1n) is 9.09. The predicted octanol–water partition coefficient (Wildman–Crippen LogP) is 2.12. The lowest BCUT2D eigenvalue weighted by atomic mass is 10.0. The highest BCUT2D eigenvalue weighted by atomic mass is 16.5. The zero-order valence-electron chi connectivity index (χ0n) is 14.5. The predicted molar refractivity (Wildman–Crippen MR) is 94.8 cm³/mol. The van der Waals surface area contributed by atoms with Gasteiger partial charge in [-0.1, -0.05) is 0 Å². The number of hydrogen-bond donors (Lipinski definition) is 0. The molecule has 0 spiro atoms. The van der Waals surface area contributed by atoms with Gasteiger partial charge in [-0.2, -0.15) is 0 Å². The van der Waals surface area contributed by atoms with Crippen LogP contribution in [-0.2, 0) is 17.8 Å². The Kier molecular flexibility index (Phi) is 4.19. The maximum Gasteiger partial charge on any atom is 0.261 e. The van der Waals surface area contributed by atoms with Crippen LogP contribution in [0.3, 0.4) is 0 Å². The minimum atomic E-state index is -0.0149. The van der Waals surface area contributed by atoms with Gasteiger partial charge in [0.2, 0.25) is 0 Å². The van der Waals surface area contributed by atoms with Crippen LogP contribution in [0.1, 0.15) is 38.4 Å². The van der Waals surface area contributed by atoms with E-state index in [1.54, 1.807) is 22.8 Å². The van der Waals surface area contributed by atoms with Crippen molar-refractivity contribution < 1.29 is 9.53 Å². The normalized spacial score (nSPS) is 19.9. The third kappa shape index (κ3) is 3.01. The van der Waals surface area contributed by atoms with E-state index >= 15 is 0 Å². The zero-order valence-corrected chi connectivity index (χ0v) is 14.5. The highest BCUT2D eigenvalue weighted by Gasteiger charge is 2.23. The number of nitrogens with zero attached hydrogens (tertiary/aromatic N) is 3. The molecule has 1 aromatic carbocycles. The van der Waals surface area contributed by atoms with E-state index in [0.29, 0.717) is 16.7 Å². The van der Waals surface area contributed by atoms with E-state index < -0.39 is 0 Å². The molecule has 0 aliphatic carbocycles. The van der Waals surface area contributed by atoms with Crippen molar-refractivity contribution in [3.8, 4) is 5.75 Å². The molecular formula is C19H23N3O3. The van der Waals surface area contributed by atoms with Gasteiger partial charge in [0.1, 0.15) is 11.6 Å². The van der Waals surface area contributed by atoms with E-state index in [2.05, 4.69) is 11.9 Å². The number of ether oxygens (including phenoxy) is 1. The van der Waals surface area contributed by atoms with Gasteiger partial charge in [-0.25, -0.2) is 4.98 Å². The van der Waals surface area contributed by atoms with Gasteiger partial charge in [0.25, 0.3) is 11.5 Å². The second-order valence-corrected chi connectivity index (χ2v) is 6.99. The first-order chi connectivity index (χ1) is 12.1. The van der Waals surface area contributed by atoms with Gasteiger partial charge in [-0.15, -0.1) is 0 Å². The summed E-state index contributed by atoms with van der Waals surface area (Å²) in [6, 6.07) is 5.58. The van der Waals surface area contributed by atoms with Crippen LogP contribution in [-0.4, -0.2) is 39.6 Å². The maximum atomic E-state index is 12.6. The zero-order chi connectivity index (χ0) is 17.4. The lowest BCUT2D eigenvalue weighted by Crippen LogP contribution is -2.44. The standard InChI is InChI=1S/C19H23N3O3/c1-13-5-2-3-9-21(13)18(23)12-25-14-7-8-16-15(11-14)19(24)22-10-4-6-17(22)20-16/h7-8,11,13H,2-6,9-10,12H2,1H3/t13-/m0/s1. The molecule has 1 aromatic heterocycles. The molecule has 2 aromatic rings. The molecule has 4 rings (SSSR count). The van der Waals surface area contributed by atoms with E-state index in [0.717, 1.165) is 44.6 Å². The summed E-state index contributed by atoms with van der Waals surface area (Å²) in [4.78, 5) is 31.4. The number of piperidine rings is 1. The van der Waals surface area contributed by atoms with Crippen molar-refractivity contribution in [3.63, 3.8) is 0 Å². The molecule has 0 saturated carbocycles. The monoisotopic (exact) mass is 341 g/mol. The Hall–Kier alpha value is -2.37. The number of carbonyl (C=O) groups is 1. The summed E-state index contributed by atoms with van der Waals surface area (Å²) in [5.41, 5.74) is 0.681. The largest absolute Gasteiger partial charge is 0.484 e. The maximum absolute atomic E-state index is 12.6. The Morgan fingerprint density at radius 3 is 3.00 bits per heavy atom. The van der Waals surface area contributed by atoms with E-state index in [-0.39, 0.29) is 24.1 Å². The molecule has 6 heteroatoms. The van der Waals surface area contributed by atoms with Gasteiger partial charge in [0.15, 0.2) is 6.61 Å². The average Bonchev–Trinajstić information content (AvgIpc) is 3.09. The van der Waals surface area contributed by atoms with Crippen molar-refractivity contribution >= 4 is 16.8 Å². The molecule has 6 nitrogen and oxygen atoms in total.